The van der Waals surface area contributed by atoms with Gasteiger partial charge < -0.3 is 20.1 Å². The smallest absolute Gasteiger partial charge is 0.466 e. The molecular weight excluding hydrogens is 664 g/mol. The Hall–Kier alpha value is -5.19. The lowest BCUT2D eigenvalue weighted by molar-refractivity contribution is -0.274. The number of carbonyl (C=O) groups is 3. The molecular formula is C40H42F4N2O5. The van der Waals surface area contributed by atoms with E-state index in [1.54, 1.807) is 37.3 Å². The first-order valence-corrected chi connectivity index (χ1v) is 16.8. The Bertz CT molecular complexity index is 1820. The minimum absolute atomic E-state index is 0.0222. The molecule has 0 heterocycles. The Morgan fingerprint density at radius 1 is 0.824 bits per heavy atom. The van der Waals surface area contributed by atoms with Crippen molar-refractivity contribution in [3.63, 3.8) is 0 Å². The Kier molecular flexibility index (Phi) is 13.0. The molecule has 0 radical (unpaired) electrons. The summed E-state index contributed by atoms with van der Waals surface area (Å²) in [6, 6.07) is 20.3. The molecule has 51 heavy (non-hydrogen) atoms. The van der Waals surface area contributed by atoms with Gasteiger partial charge in [0.25, 0.3) is 5.91 Å². The summed E-state index contributed by atoms with van der Waals surface area (Å²) < 4.78 is 63.3. The van der Waals surface area contributed by atoms with Crippen molar-refractivity contribution >= 4 is 23.5 Å². The number of carbonyl (C=O) groups excluding carboxylic acids is 3. The first-order valence-electron chi connectivity index (χ1n) is 16.8. The monoisotopic (exact) mass is 706 g/mol. The Balaban J connectivity index is 1.65. The zero-order chi connectivity index (χ0) is 37.3. The maximum atomic E-state index is 15.7. The van der Waals surface area contributed by atoms with Gasteiger partial charge in [-0.2, -0.15) is 0 Å². The van der Waals surface area contributed by atoms with Crippen LogP contribution in [0.1, 0.15) is 83.1 Å². The second kappa shape index (κ2) is 17.2. The number of nitrogens with one attached hydrogen (secondary N) is 2. The number of hydrogen-bond acceptors (Lipinski definition) is 5. The minimum atomic E-state index is -4.89. The van der Waals surface area contributed by atoms with E-state index in [1.807, 2.05) is 39.8 Å². The SMILES string of the molecule is CCC[C@H](c1ccc(C(=O)NCCC(=O)OCC)cc1)[C@H](C(=O)Nc1ccc(-c2c(C)cc(C)cc2C)cc1F)c1ccc(OC(F)(F)F)cc1. The van der Waals surface area contributed by atoms with Crippen LogP contribution in [0.15, 0.2) is 78.9 Å². The van der Waals surface area contributed by atoms with Gasteiger partial charge in [-0.3, -0.25) is 14.4 Å². The van der Waals surface area contributed by atoms with Gasteiger partial charge in [0.1, 0.15) is 11.6 Å². The highest BCUT2D eigenvalue weighted by Gasteiger charge is 2.33. The largest absolute Gasteiger partial charge is 0.573 e. The lowest BCUT2D eigenvalue weighted by atomic mass is 9.78. The van der Waals surface area contributed by atoms with Crippen molar-refractivity contribution in [1.29, 1.82) is 0 Å². The lowest BCUT2D eigenvalue weighted by Gasteiger charge is -2.28. The summed E-state index contributed by atoms with van der Waals surface area (Å²) in [5, 5.41) is 5.41. The summed E-state index contributed by atoms with van der Waals surface area (Å²) in [6.07, 6.45) is -3.75. The molecule has 0 aliphatic rings. The van der Waals surface area contributed by atoms with Crippen LogP contribution in [-0.2, 0) is 14.3 Å². The molecule has 0 unspecified atom stereocenters. The van der Waals surface area contributed by atoms with Crippen LogP contribution < -0.4 is 15.4 Å². The normalized spacial score (nSPS) is 12.5. The van der Waals surface area contributed by atoms with Crippen molar-refractivity contribution in [2.45, 2.75) is 72.1 Å². The number of benzene rings is 4. The number of amides is 2. The van der Waals surface area contributed by atoms with Gasteiger partial charge in [-0.1, -0.05) is 61.4 Å². The second-order valence-electron chi connectivity index (χ2n) is 12.4. The van der Waals surface area contributed by atoms with Gasteiger partial charge in [-0.05, 0) is 110 Å². The van der Waals surface area contributed by atoms with Crippen molar-refractivity contribution in [2.24, 2.45) is 0 Å². The van der Waals surface area contributed by atoms with Crippen LogP contribution in [0.3, 0.4) is 0 Å². The third kappa shape index (κ3) is 10.4. The van der Waals surface area contributed by atoms with Crippen molar-refractivity contribution < 1.29 is 41.4 Å². The molecule has 7 nitrogen and oxygen atoms in total. The molecule has 0 fully saturated rings. The van der Waals surface area contributed by atoms with Gasteiger partial charge >= 0.3 is 12.3 Å². The Morgan fingerprint density at radius 2 is 1.45 bits per heavy atom. The summed E-state index contributed by atoms with van der Waals surface area (Å²) in [5.41, 5.74) is 6.00. The van der Waals surface area contributed by atoms with Crippen LogP contribution in [0.5, 0.6) is 5.75 Å². The Labute approximate surface area is 295 Å². The molecule has 0 bridgehead atoms. The zero-order valence-electron chi connectivity index (χ0n) is 29.2. The predicted molar refractivity (Wildman–Crippen MR) is 188 cm³/mol. The number of hydrogen-bond donors (Lipinski definition) is 2. The molecule has 270 valence electrons. The number of rotatable bonds is 14. The summed E-state index contributed by atoms with van der Waals surface area (Å²) >= 11 is 0. The van der Waals surface area contributed by atoms with Crippen LogP contribution >= 0.6 is 0 Å². The fourth-order valence-electron chi connectivity index (χ4n) is 6.39. The van der Waals surface area contributed by atoms with E-state index in [0.29, 0.717) is 35.1 Å². The molecule has 0 aromatic heterocycles. The van der Waals surface area contributed by atoms with E-state index in [4.69, 9.17) is 4.74 Å². The van der Waals surface area contributed by atoms with E-state index in [9.17, 15) is 27.6 Å². The van der Waals surface area contributed by atoms with Crippen LogP contribution in [0.2, 0.25) is 0 Å². The summed E-state index contributed by atoms with van der Waals surface area (Å²) in [7, 11) is 0. The third-order valence-corrected chi connectivity index (χ3v) is 8.47. The third-order valence-electron chi connectivity index (χ3n) is 8.47. The standard InChI is InChI=1S/C40H42F4N2O5/c1-6-8-32(27-9-11-29(12-10-27)38(48)45-20-19-35(47)50-7-2)37(28-13-16-31(17-14-28)51-40(42,43)44)39(49)46-34-18-15-30(23-33(34)41)36-25(4)21-24(3)22-26(36)5/h9-18,21-23,32,37H,6-8,19-20H2,1-5H3,(H,45,48)(H,46,49)/t32-,37-/m1/s1. The van der Waals surface area contributed by atoms with E-state index in [1.165, 1.54) is 24.3 Å². The van der Waals surface area contributed by atoms with Crippen molar-refractivity contribution in [2.75, 3.05) is 18.5 Å². The van der Waals surface area contributed by atoms with Crippen LogP contribution in [0, 0.1) is 26.6 Å². The van der Waals surface area contributed by atoms with Gasteiger partial charge in [0.15, 0.2) is 0 Å². The number of halogens is 4. The number of alkyl halides is 3. The zero-order valence-corrected chi connectivity index (χ0v) is 29.2. The van der Waals surface area contributed by atoms with Crippen LogP contribution in [0.4, 0.5) is 23.2 Å². The highest BCUT2D eigenvalue weighted by atomic mass is 19.4. The number of aryl methyl sites for hydroxylation is 3. The number of ether oxygens (including phenoxy) is 2. The molecule has 0 saturated carbocycles. The molecule has 2 N–H and O–H groups in total. The van der Waals surface area contributed by atoms with E-state index in [-0.39, 0.29) is 25.3 Å². The fourth-order valence-corrected chi connectivity index (χ4v) is 6.39. The van der Waals surface area contributed by atoms with Gasteiger partial charge in [0.05, 0.1) is 24.6 Å². The molecule has 2 amide bonds. The maximum absolute atomic E-state index is 15.7. The van der Waals surface area contributed by atoms with E-state index in [2.05, 4.69) is 15.4 Å². The molecule has 0 spiro atoms. The molecule has 0 saturated heterocycles. The molecule has 0 aliphatic heterocycles. The molecule has 2 atom stereocenters. The molecule has 11 heteroatoms. The minimum Gasteiger partial charge on any atom is -0.466 e. The quantitative estimate of drug-likeness (QED) is 0.101. The van der Waals surface area contributed by atoms with Crippen LogP contribution in [0.25, 0.3) is 11.1 Å². The predicted octanol–water partition coefficient (Wildman–Crippen LogP) is 9.31. The van der Waals surface area contributed by atoms with Crippen molar-refractivity contribution in [1.82, 2.24) is 5.32 Å². The molecule has 4 rings (SSSR count). The fraction of sp³-hybridized carbons (Fsp3) is 0.325. The van der Waals surface area contributed by atoms with Gasteiger partial charge in [-0.25, -0.2) is 4.39 Å². The average molecular weight is 707 g/mol. The van der Waals surface area contributed by atoms with Crippen molar-refractivity contribution in [3.8, 4) is 16.9 Å². The maximum Gasteiger partial charge on any atom is 0.573 e. The van der Waals surface area contributed by atoms with E-state index in [0.717, 1.165) is 34.4 Å². The number of anilines is 1. The first-order chi connectivity index (χ1) is 24.2. The molecule has 4 aromatic carbocycles. The summed E-state index contributed by atoms with van der Waals surface area (Å²) in [5.74, 6) is -3.95. The van der Waals surface area contributed by atoms with Crippen molar-refractivity contribution in [3.05, 3.63) is 118 Å². The Morgan fingerprint density at radius 3 is 2.02 bits per heavy atom. The van der Waals surface area contributed by atoms with Gasteiger partial charge in [-0.15, -0.1) is 13.2 Å². The highest BCUT2D eigenvalue weighted by molar-refractivity contribution is 5.97. The van der Waals surface area contributed by atoms with E-state index < -0.39 is 47.5 Å². The molecule has 4 aromatic rings. The van der Waals surface area contributed by atoms with E-state index >= 15 is 4.39 Å². The summed E-state index contributed by atoms with van der Waals surface area (Å²) in [6.45, 7) is 9.86. The second-order valence-corrected chi connectivity index (χ2v) is 12.4. The lowest BCUT2D eigenvalue weighted by Crippen LogP contribution is -2.28. The highest BCUT2D eigenvalue weighted by Crippen LogP contribution is 2.39. The topological polar surface area (TPSA) is 93.7 Å². The average Bonchev–Trinajstić information content (AvgIpc) is 3.05. The van der Waals surface area contributed by atoms with Gasteiger partial charge in [0.2, 0.25) is 5.91 Å². The van der Waals surface area contributed by atoms with Crippen LogP contribution in [-0.4, -0.2) is 37.3 Å². The number of esters is 1. The molecule has 0 aliphatic carbocycles. The van der Waals surface area contributed by atoms with Gasteiger partial charge in [0, 0.05) is 12.1 Å². The summed E-state index contributed by atoms with van der Waals surface area (Å²) in [4.78, 5) is 38.5. The first kappa shape index (κ1) is 38.6.